The van der Waals surface area contributed by atoms with Crippen molar-refractivity contribution in [3.8, 4) is 0 Å². The quantitative estimate of drug-likeness (QED) is 0.462. The average Bonchev–Trinajstić information content (AvgIpc) is 2.73. The van der Waals surface area contributed by atoms with Gasteiger partial charge in [-0.1, -0.05) is 37.6 Å². The molecule has 1 aliphatic rings. The Morgan fingerprint density at radius 2 is 2.14 bits per heavy atom. The van der Waals surface area contributed by atoms with Crippen LogP contribution in [-0.2, 0) is 4.74 Å². The van der Waals surface area contributed by atoms with Gasteiger partial charge in [0.15, 0.2) is 0 Å². The SMILES string of the molecule is COC(=O)c1ccccc1N=CCC1CC=C(C)C1(C)C. The van der Waals surface area contributed by atoms with Crippen molar-refractivity contribution < 1.29 is 9.53 Å². The van der Waals surface area contributed by atoms with Gasteiger partial charge in [0.1, 0.15) is 0 Å². The molecule has 0 heterocycles. The topological polar surface area (TPSA) is 38.7 Å². The summed E-state index contributed by atoms with van der Waals surface area (Å²) in [7, 11) is 1.39. The molecule has 0 aromatic heterocycles. The summed E-state index contributed by atoms with van der Waals surface area (Å²) in [5, 5.41) is 0. The Kier molecular flexibility index (Phi) is 4.61. The summed E-state index contributed by atoms with van der Waals surface area (Å²) in [6.07, 6.45) is 6.27. The number of para-hydroxylation sites is 1. The molecule has 0 fully saturated rings. The van der Waals surface area contributed by atoms with Gasteiger partial charge in [0, 0.05) is 6.21 Å². The van der Waals surface area contributed by atoms with Gasteiger partial charge < -0.3 is 4.74 Å². The standard InChI is InChI=1S/C18H23NO2/c1-13-9-10-14(18(13,2)3)11-12-19-16-8-6-5-7-15(16)17(20)21-4/h5-9,12,14H,10-11H2,1-4H3. The fourth-order valence-electron chi connectivity index (χ4n) is 2.74. The van der Waals surface area contributed by atoms with Crippen LogP contribution in [0.2, 0.25) is 0 Å². The van der Waals surface area contributed by atoms with E-state index in [0.29, 0.717) is 17.2 Å². The lowest BCUT2D eigenvalue weighted by molar-refractivity contribution is 0.0601. The number of carbonyl (C=O) groups excluding carboxylic acids is 1. The predicted octanol–water partition coefficient (Wildman–Crippen LogP) is 4.56. The minimum absolute atomic E-state index is 0.230. The minimum Gasteiger partial charge on any atom is -0.465 e. The lowest BCUT2D eigenvalue weighted by atomic mass is 9.76. The molecule has 0 amide bonds. The highest BCUT2D eigenvalue weighted by atomic mass is 16.5. The minimum atomic E-state index is -0.346. The number of allylic oxidation sites excluding steroid dienone is 2. The van der Waals surface area contributed by atoms with Crippen molar-refractivity contribution in [1.82, 2.24) is 0 Å². The molecule has 0 bridgehead atoms. The lowest BCUT2D eigenvalue weighted by Gasteiger charge is -2.28. The van der Waals surface area contributed by atoms with Crippen LogP contribution in [0.15, 0.2) is 40.9 Å². The Morgan fingerprint density at radius 3 is 2.76 bits per heavy atom. The first-order chi connectivity index (χ1) is 9.96. The molecule has 21 heavy (non-hydrogen) atoms. The zero-order valence-electron chi connectivity index (χ0n) is 13.2. The van der Waals surface area contributed by atoms with Crippen LogP contribution < -0.4 is 0 Å². The molecule has 1 unspecified atom stereocenters. The Hall–Kier alpha value is -1.90. The number of ether oxygens (including phenoxy) is 1. The molecule has 0 aliphatic heterocycles. The van der Waals surface area contributed by atoms with Crippen molar-refractivity contribution in [3.63, 3.8) is 0 Å². The van der Waals surface area contributed by atoms with Crippen molar-refractivity contribution >= 4 is 17.9 Å². The van der Waals surface area contributed by atoms with E-state index in [0.717, 1.165) is 12.8 Å². The number of esters is 1. The fourth-order valence-corrected chi connectivity index (χ4v) is 2.74. The van der Waals surface area contributed by atoms with Crippen LogP contribution in [-0.4, -0.2) is 19.3 Å². The number of hydrogen-bond donors (Lipinski definition) is 0. The van der Waals surface area contributed by atoms with Crippen molar-refractivity contribution in [2.24, 2.45) is 16.3 Å². The summed E-state index contributed by atoms with van der Waals surface area (Å²) in [5.74, 6) is 0.230. The summed E-state index contributed by atoms with van der Waals surface area (Å²) >= 11 is 0. The Morgan fingerprint density at radius 1 is 1.43 bits per heavy atom. The van der Waals surface area contributed by atoms with E-state index in [1.165, 1.54) is 12.7 Å². The fraction of sp³-hybridized carbons (Fsp3) is 0.444. The van der Waals surface area contributed by atoms with Crippen LogP contribution in [0.1, 0.15) is 44.0 Å². The summed E-state index contributed by atoms with van der Waals surface area (Å²) in [6.45, 7) is 6.77. The number of methoxy groups -OCH3 is 1. The second-order valence-electron chi connectivity index (χ2n) is 6.10. The summed E-state index contributed by atoms with van der Waals surface area (Å²) < 4.78 is 4.78. The molecule has 1 aromatic rings. The van der Waals surface area contributed by atoms with Crippen molar-refractivity contribution in [2.45, 2.75) is 33.6 Å². The van der Waals surface area contributed by atoms with E-state index in [9.17, 15) is 4.79 Å². The number of benzene rings is 1. The Labute approximate surface area is 126 Å². The van der Waals surface area contributed by atoms with Crippen LogP contribution in [0.3, 0.4) is 0 Å². The van der Waals surface area contributed by atoms with Gasteiger partial charge in [-0.25, -0.2) is 4.79 Å². The third-order valence-electron chi connectivity index (χ3n) is 4.68. The van der Waals surface area contributed by atoms with E-state index in [4.69, 9.17) is 4.74 Å². The van der Waals surface area contributed by atoms with Gasteiger partial charge in [-0.2, -0.15) is 0 Å². The molecule has 0 saturated heterocycles. The highest BCUT2D eigenvalue weighted by Crippen LogP contribution is 2.44. The van der Waals surface area contributed by atoms with E-state index in [2.05, 4.69) is 31.8 Å². The molecule has 0 saturated carbocycles. The maximum atomic E-state index is 11.7. The normalized spacial score (nSPS) is 20.6. The van der Waals surface area contributed by atoms with Crippen LogP contribution in [0, 0.1) is 11.3 Å². The number of carbonyl (C=O) groups is 1. The number of nitrogens with zero attached hydrogens (tertiary/aromatic N) is 1. The monoisotopic (exact) mass is 285 g/mol. The van der Waals surface area contributed by atoms with Gasteiger partial charge in [-0.3, -0.25) is 4.99 Å². The molecule has 1 aromatic carbocycles. The molecular formula is C18H23NO2. The number of hydrogen-bond acceptors (Lipinski definition) is 3. The summed E-state index contributed by atoms with van der Waals surface area (Å²) in [5.41, 5.74) is 2.87. The first kappa shape index (κ1) is 15.5. The smallest absolute Gasteiger partial charge is 0.340 e. The van der Waals surface area contributed by atoms with E-state index in [1.54, 1.807) is 6.07 Å². The van der Waals surface area contributed by atoms with Crippen molar-refractivity contribution in [3.05, 3.63) is 41.5 Å². The van der Waals surface area contributed by atoms with Crippen molar-refractivity contribution in [2.75, 3.05) is 7.11 Å². The molecule has 0 spiro atoms. The van der Waals surface area contributed by atoms with Gasteiger partial charge in [0.05, 0.1) is 18.4 Å². The molecule has 1 atom stereocenters. The Balaban J connectivity index is 2.08. The van der Waals surface area contributed by atoms with Crippen LogP contribution in [0.5, 0.6) is 0 Å². The summed E-state index contributed by atoms with van der Waals surface area (Å²) in [6, 6.07) is 7.28. The van der Waals surface area contributed by atoms with E-state index >= 15 is 0 Å². The average molecular weight is 285 g/mol. The molecular weight excluding hydrogens is 262 g/mol. The molecule has 1 aliphatic carbocycles. The predicted molar refractivity (Wildman–Crippen MR) is 86.2 cm³/mol. The van der Waals surface area contributed by atoms with Crippen molar-refractivity contribution in [1.29, 1.82) is 0 Å². The van der Waals surface area contributed by atoms with Gasteiger partial charge in [-0.15, -0.1) is 0 Å². The van der Waals surface area contributed by atoms with Gasteiger partial charge in [0.2, 0.25) is 0 Å². The van der Waals surface area contributed by atoms with Gasteiger partial charge in [-0.05, 0) is 43.2 Å². The van der Waals surface area contributed by atoms with Crippen LogP contribution in [0.25, 0.3) is 0 Å². The zero-order valence-corrected chi connectivity index (χ0v) is 13.2. The molecule has 3 heteroatoms. The number of aliphatic imine (C=N–C) groups is 1. The second kappa shape index (κ2) is 6.25. The highest BCUT2D eigenvalue weighted by Gasteiger charge is 2.33. The Bertz CT molecular complexity index is 585. The molecule has 0 N–H and O–H groups in total. The third-order valence-corrected chi connectivity index (χ3v) is 4.68. The van der Waals surface area contributed by atoms with Crippen LogP contribution >= 0.6 is 0 Å². The first-order valence-electron chi connectivity index (χ1n) is 7.34. The number of rotatable bonds is 4. The summed E-state index contributed by atoms with van der Waals surface area (Å²) in [4.78, 5) is 16.2. The zero-order chi connectivity index (χ0) is 15.5. The maximum Gasteiger partial charge on any atom is 0.340 e. The third kappa shape index (κ3) is 3.23. The largest absolute Gasteiger partial charge is 0.465 e. The second-order valence-corrected chi connectivity index (χ2v) is 6.10. The first-order valence-corrected chi connectivity index (χ1v) is 7.34. The van der Waals surface area contributed by atoms with E-state index in [1.807, 2.05) is 24.4 Å². The molecule has 112 valence electrons. The van der Waals surface area contributed by atoms with E-state index < -0.39 is 0 Å². The van der Waals surface area contributed by atoms with Gasteiger partial charge >= 0.3 is 5.97 Å². The maximum absolute atomic E-state index is 11.7. The molecule has 2 rings (SSSR count). The lowest BCUT2D eigenvalue weighted by Crippen LogP contribution is -2.20. The highest BCUT2D eigenvalue weighted by molar-refractivity contribution is 5.95. The molecule has 3 nitrogen and oxygen atoms in total. The van der Waals surface area contributed by atoms with Gasteiger partial charge in [0.25, 0.3) is 0 Å². The molecule has 0 radical (unpaired) electrons. The van der Waals surface area contributed by atoms with E-state index in [-0.39, 0.29) is 11.4 Å². The van der Waals surface area contributed by atoms with Crippen LogP contribution in [0.4, 0.5) is 5.69 Å².